The van der Waals surface area contributed by atoms with Gasteiger partial charge in [0.25, 0.3) is 5.91 Å². The Morgan fingerprint density at radius 1 is 1.04 bits per heavy atom. The van der Waals surface area contributed by atoms with Crippen molar-refractivity contribution >= 4 is 27.5 Å². The van der Waals surface area contributed by atoms with E-state index < -0.39 is 0 Å². The highest BCUT2D eigenvalue weighted by Crippen LogP contribution is 2.10. The first-order valence-electron chi connectivity index (χ1n) is 8.65. The number of amides is 1. The van der Waals surface area contributed by atoms with Crippen molar-refractivity contribution in [1.82, 2.24) is 39.1 Å². The number of carbonyl (C=O) groups excluding carboxylic acids is 1. The van der Waals surface area contributed by atoms with Crippen LogP contribution in [0.4, 0.5) is 5.69 Å². The van der Waals surface area contributed by atoms with Gasteiger partial charge in [0.1, 0.15) is 6.67 Å². The van der Waals surface area contributed by atoms with Crippen LogP contribution in [0.1, 0.15) is 23.0 Å². The third-order valence-electron chi connectivity index (χ3n) is 4.01. The van der Waals surface area contributed by atoms with Gasteiger partial charge in [-0.05, 0) is 28.9 Å². The summed E-state index contributed by atoms with van der Waals surface area (Å²) in [6.07, 6.45) is 12.4. The van der Waals surface area contributed by atoms with Crippen molar-refractivity contribution in [3.05, 3.63) is 65.2 Å². The van der Waals surface area contributed by atoms with Crippen molar-refractivity contribution in [3.8, 4) is 0 Å². The quantitative estimate of drug-likeness (QED) is 0.471. The predicted octanol–water partition coefficient (Wildman–Crippen LogP) is 2.06. The van der Waals surface area contributed by atoms with Gasteiger partial charge in [-0.3, -0.25) is 18.8 Å². The Morgan fingerprint density at radius 2 is 1.86 bits per heavy atom. The third-order valence-corrected chi connectivity index (χ3v) is 4.42. The highest BCUT2D eigenvalue weighted by Gasteiger charge is 2.12. The fourth-order valence-electron chi connectivity index (χ4n) is 2.68. The number of hydrogen-bond acceptors (Lipinski definition) is 5. The van der Waals surface area contributed by atoms with Crippen molar-refractivity contribution in [2.45, 2.75) is 26.7 Å². The molecule has 0 aromatic carbocycles. The van der Waals surface area contributed by atoms with Gasteiger partial charge in [0.05, 0.1) is 35.3 Å². The number of aromatic nitrogens is 8. The van der Waals surface area contributed by atoms with Crippen molar-refractivity contribution in [1.29, 1.82) is 0 Å². The molecule has 0 saturated carbocycles. The SMILES string of the molecule is CCn1cc(Cn2cc(NC(=O)c3ccn(Cn4cc(Br)cn4)n3)cn2)cn1. The molecule has 4 rings (SSSR count). The lowest BCUT2D eigenvalue weighted by molar-refractivity contribution is 0.102. The molecule has 4 heterocycles. The van der Waals surface area contributed by atoms with Crippen molar-refractivity contribution in [2.24, 2.45) is 0 Å². The van der Waals surface area contributed by atoms with Crippen LogP contribution in [-0.2, 0) is 19.8 Å². The minimum atomic E-state index is -0.293. The van der Waals surface area contributed by atoms with Crippen molar-refractivity contribution in [3.63, 3.8) is 0 Å². The van der Waals surface area contributed by atoms with E-state index in [1.807, 2.05) is 30.2 Å². The van der Waals surface area contributed by atoms with Crippen LogP contribution >= 0.6 is 15.9 Å². The van der Waals surface area contributed by atoms with Gasteiger partial charge in [-0.1, -0.05) is 0 Å². The summed E-state index contributed by atoms with van der Waals surface area (Å²) in [7, 11) is 0. The second-order valence-electron chi connectivity index (χ2n) is 6.16. The van der Waals surface area contributed by atoms with E-state index in [2.05, 4.69) is 41.6 Å². The molecule has 0 bridgehead atoms. The van der Waals surface area contributed by atoms with Crippen molar-refractivity contribution in [2.75, 3.05) is 5.32 Å². The summed E-state index contributed by atoms with van der Waals surface area (Å²) in [4.78, 5) is 12.4. The summed E-state index contributed by atoms with van der Waals surface area (Å²) >= 11 is 3.35. The van der Waals surface area contributed by atoms with Gasteiger partial charge >= 0.3 is 0 Å². The molecule has 0 saturated heterocycles. The Hall–Kier alpha value is -3.21. The maximum Gasteiger partial charge on any atom is 0.276 e. The van der Waals surface area contributed by atoms with E-state index >= 15 is 0 Å². The highest BCUT2D eigenvalue weighted by molar-refractivity contribution is 9.10. The third kappa shape index (κ3) is 4.19. The minimum absolute atomic E-state index is 0.293. The molecule has 0 aliphatic carbocycles. The van der Waals surface area contributed by atoms with Crippen LogP contribution in [0.3, 0.4) is 0 Å². The zero-order valence-corrected chi connectivity index (χ0v) is 16.7. The summed E-state index contributed by atoms with van der Waals surface area (Å²) in [5.41, 5.74) is 1.98. The molecule has 0 atom stereocenters. The highest BCUT2D eigenvalue weighted by atomic mass is 79.9. The number of halogens is 1. The molecule has 4 aromatic heterocycles. The average molecular weight is 444 g/mol. The zero-order valence-electron chi connectivity index (χ0n) is 15.1. The number of rotatable bonds is 7. The number of hydrogen-bond donors (Lipinski definition) is 1. The van der Waals surface area contributed by atoms with E-state index in [0.717, 1.165) is 16.6 Å². The van der Waals surface area contributed by atoms with Crippen LogP contribution in [-0.4, -0.2) is 45.0 Å². The van der Waals surface area contributed by atoms with Gasteiger partial charge in [-0.25, -0.2) is 4.68 Å². The monoisotopic (exact) mass is 443 g/mol. The van der Waals surface area contributed by atoms with Crippen LogP contribution in [0.25, 0.3) is 0 Å². The lowest BCUT2D eigenvalue weighted by atomic mass is 10.3. The van der Waals surface area contributed by atoms with E-state index in [1.54, 1.807) is 44.9 Å². The summed E-state index contributed by atoms with van der Waals surface area (Å²) in [6, 6.07) is 1.66. The Balaban J connectivity index is 1.36. The maximum absolute atomic E-state index is 12.4. The first-order chi connectivity index (χ1) is 13.6. The summed E-state index contributed by atoms with van der Waals surface area (Å²) < 4.78 is 7.85. The lowest BCUT2D eigenvalue weighted by Gasteiger charge is -2.02. The minimum Gasteiger partial charge on any atom is -0.318 e. The van der Waals surface area contributed by atoms with Gasteiger partial charge in [0, 0.05) is 36.9 Å². The molecular weight excluding hydrogens is 426 g/mol. The molecule has 11 heteroatoms. The predicted molar refractivity (Wildman–Crippen MR) is 105 cm³/mol. The Bertz CT molecular complexity index is 1090. The molecule has 0 radical (unpaired) electrons. The molecule has 0 spiro atoms. The van der Waals surface area contributed by atoms with Gasteiger partial charge in [-0.15, -0.1) is 0 Å². The molecule has 1 amide bonds. The smallest absolute Gasteiger partial charge is 0.276 e. The van der Waals surface area contributed by atoms with E-state index in [0.29, 0.717) is 24.6 Å². The number of carbonyl (C=O) groups is 1. The first kappa shape index (κ1) is 18.2. The number of anilines is 1. The molecular formula is C17H18BrN9O. The second kappa shape index (κ2) is 7.80. The first-order valence-corrected chi connectivity index (χ1v) is 9.45. The largest absolute Gasteiger partial charge is 0.318 e. The molecule has 0 fully saturated rings. The Morgan fingerprint density at radius 3 is 2.61 bits per heavy atom. The maximum atomic E-state index is 12.4. The van der Waals surface area contributed by atoms with Gasteiger partial charge in [-0.2, -0.15) is 20.4 Å². The molecule has 10 nitrogen and oxygen atoms in total. The van der Waals surface area contributed by atoms with Crippen LogP contribution < -0.4 is 5.32 Å². The van der Waals surface area contributed by atoms with Crippen molar-refractivity contribution < 1.29 is 4.79 Å². The van der Waals surface area contributed by atoms with E-state index in [-0.39, 0.29) is 5.91 Å². The fourth-order valence-corrected chi connectivity index (χ4v) is 3.01. The van der Waals surface area contributed by atoms with Crippen LogP contribution in [0.2, 0.25) is 0 Å². The van der Waals surface area contributed by atoms with E-state index in [4.69, 9.17) is 0 Å². The number of aryl methyl sites for hydroxylation is 1. The Labute approximate surface area is 168 Å². The topological polar surface area (TPSA) is 100 Å². The second-order valence-corrected chi connectivity index (χ2v) is 7.08. The van der Waals surface area contributed by atoms with E-state index in [9.17, 15) is 4.79 Å². The van der Waals surface area contributed by atoms with Gasteiger partial charge in [0.15, 0.2) is 5.69 Å². The molecule has 28 heavy (non-hydrogen) atoms. The molecule has 0 aliphatic heterocycles. The number of nitrogens with zero attached hydrogens (tertiary/aromatic N) is 8. The molecule has 4 aromatic rings. The number of nitrogens with one attached hydrogen (secondary N) is 1. The molecule has 144 valence electrons. The lowest BCUT2D eigenvalue weighted by Crippen LogP contribution is -2.14. The average Bonchev–Trinajstić information content (AvgIpc) is 3.45. The molecule has 0 aliphatic rings. The van der Waals surface area contributed by atoms with Crippen LogP contribution in [0, 0.1) is 0 Å². The van der Waals surface area contributed by atoms with Crippen LogP contribution in [0.5, 0.6) is 0 Å². The van der Waals surface area contributed by atoms with Crippen LogP contribution in [0.15, 0.2) is 53.9 Å². The summed E-state index contributed by atoms with van der Waals surface area (Å²) in [6.45, 7) is 3.87. The normalized spacial score (nSPS) is 11.1. The summed E-state index contributed by atoms with van der Waals surface area (Å²) in [5, 5.41) is 19.8. The van der Waals surface area contributed by atoms with E-state index in [1.165, 1.54) is 0 Å². The zero-order chi connectivity index (χ0) is 19.5. The Kier molecular flexibility index (Phi) is 5.06. The molecule has 0 unspecified atom stereocenters. The van der Waals surface area contributed by atoms with Gasteiger partial charge < -0.3 is 5.32 Å². The standard InChI is InChI=1S/C17H18BrN9O/c1-2-24-8-13(5-19-24)9-26-11-15(7-21-26)22-17(28)16-3-4-25(23-16)12-27-10-14(18)6-20-27/h3-8,10-11H,2,9,12H2,1H3,(H,22,28). The van der Waals surface area contributed by atoms with Gasteiger partial charge in [0.2, 0.25) is 0 Å². The molecule has 1 N–H and O–H groups in total. The summed E-state index contributed by atoms with van der Waals surface area (Å²) in [5.74, 6) is -0.293. The fraction of sp³-hybridized carbons (Fsp3) is 0.235.